The number of esters is 2. The molecule has 1 aromatic rings. The first-order valence-corrected chi connectivity index (χ1v) is 5.48. The Kier molecular flexibility index (Phi) is 4.42. The maximum absolute atomic E-state index is 11.3. The molecule has 1 heterocycles. The number of methoxy groups -OCH3 is 2. The van der Waals surface area contributed by atoms with Crippen molar-refractivity contribution in [3.63, 3.8) is 0 Å². The smallest absolute Gasteiger partial charge is 0.356 e. The molecule has 0 aromatic carbocycles. The second kappa shape index (κ2) is 5.60. The molecule has 1 rings (SSSR count). The summed E-state index contributed by atoms with van der Waals surface area (Å²) < 4.78 is 9.12. The predicted molar refractivity (Wildman–Crippen MR) is 59.5 cm³/mol. The van der Waals surface area contributed by atoms with E-state index in [0.717, 1.165) is 0 Å². The molecular formula is C10H10BrNO4. The first-order valence-electron chi connectivity index (χ1n) is 4.36. The Bertz CT molecular complexity index is 419. The SMILES string of the molecule is COC(=O)c1ccc(C(=O)OC)c(CBr)n1. The van der Waals surface area contributed by atoms with E-state index in [1.54, 1.807) is 0 Å². The van der Waals surface area contributed by atoms with Crippen molar-refractivity contribution >= 4 is 27.9 Å². The minimum absolute atomic E-state index is 0.157. The minimum Gasteiger partial charge on any atom is -0.465 e. The summed E-state index contributed by atoms with van der Waals surface area (Å²) in [4.78, 5) is 26.6. The molecule has 0 radical (unpaired) electrons. The molecule has 0 spiro atoms. The van der Waals surface area contributed by atoms with Crippen molar-refractivity contribution in [3.05, 3.63) is 29.1 Å². The third kappa shape index (κ3) is 2.57. The molecular weight excluding hydrogens is 278 g/mol. The van der Waals surface area contributed by atoms with Crippen LogP contribution in [-0.4, -0.2) is 31.1 Å². The lowest BCUT2D eigenvalue weighted by molar-refractivity contribution is 0.0580. The molecule has 6 heteroatoms. The van der Waals surface area contributed by atoms with Crippen LogP contribution in [0.5, 0.6) is 0 Å². The van der Waals surface area contributed by atoms with Gasteiger partial charge in [-0.3, -0.25) is 0 Å². The zero-order chi connectivity index (χ0) is 12.1. The molecule has 0 aliphatic rings. The van der Waals surface area contributed by atoms with Crippen LogP contribution in [-0.2, 0) is 14.8 Å². The summed E-state index contributed by atoms with van der Waals surface area (Å²) in [7, 11) is 2.56. The van der Waals surface area contributed by atoms with Crippen LogP contribution in [0.3, 0.4) is 0 Å². The third-order valence-electron chi connectivity index (χ3n) is 1.90. The normalized spacial score (nSPS) is 9.69. The average molecular weight is 288 g/mol. The van der Waals surface area contributed by atoms with E-state index in [4.69, 9.17) is 0 Å². The van der Waals surface area contributed by atoms with Crippen LogP contribution in [0.25, 0.3) is 0 Å². The van der Waals surface area contributed by atoms with Crippen LogP contribution < -0.4 is 0 Å². The Balaban J connectivity index is 3.16. The van der Waals surface area contributed by atoms with Crippen molar-refractivity contribution in [1.29, 1.82) is 0 Å². The minimum atomic E-state index is -0.543. The van der Waals surface area contributed by atoms with Gasteiger partial charge in [-0.15, -0.1) is 0 Å². The maximum atomic E-state index is 11.3. The molecule has 0 atom stereocenters. The van der Waals surface area contributed by atoms with Gasteiger partial charge in [-0.1, -0.05) is 15.9 Å². The number of alkyl halides is 1. The van der Waals surface area contributed by atoms with Gasteiger partial charge in [0.1, 0.15) is 5.69 Å². The number of ether oxygens (including phenoxy) is 2. The number of pyridine rings is 1. The van der Waals surface area contributed by atoms with Gasteiger partial charge in [0.25, 0.3) is 0 Å². The second-order valence-electron chi connectivity index (χ2n) is 2.81. The van der Waals surface area contributed by atoms with Crippen LogP contribution in [0.15, 0.2) is 12.1 Å². The lowest BCUT2D eigenvalue weighted by atomic mass is 10.2. The fourth-order valence-electron chi connectivity index (χ4n) is 1.12. The van der Waals surface area contributed by atoms with E-state index < -0.39 is 11.9 Å². The number of aromatic nitrogens is 1. The summed E-state index contributed by atoms with van der Waals surface area (Å²) in [6.07, 6.45) is 0. The van der Waals surface area contributed by atoms with Gasteiger partial charge < -0.3 is 9.47 Å². The van der Waals surface area contributed by atoms with Crippen LogP contribution in [0, 0.1) is 0 Å². The highest BCUT2D eigenvalue weighted by Gasteiger charge is 2.16. The Morgan fingerprint density at radius 3 is 2.38 bits per heavy atom. The quantitative estimate of drug-likeness (QED) is 0.623. The number of nitrogens with zero attached hydrogens (tertiary/aromatic N) is 1. The van der Waals surface area contributed by atoms with Crippen LogP contribution in [0.4, 0.5) is 0 Å². The van der Waals surface area contributed by atoms with E-state index in [9.17, 15) is 9.59 Å². The number of carbonyl (C=O) groups is 2. The standard InChI is InChI=1S/C10H10BrNO4/c1-15-9(13)6-3-4-7(10(14)16-2)12-8(6)5-11/h3-4H,5H2,1-2H3. The summed E-state index contributed by atoms with van der Waals surface area (Å²) in [5.74, 6) is -1.03. The zero-order valence-electron chi connectivity index (χ0n) is 8.82. The highest BCUT2D eigenvalue weighted by Crippen LogP contribution is 2.13. The molecule has 0 saturated heterocycles. The predicted octanol–water partition coefficient (Wildman–Crippen LogP) is 1.55. The molecule has 16 heavy (non-hydrogen) atoms. The Labute approximate surface area is 101 Å². The van der Waals surface area contributed by atoms with Crippen molar-refractivity contribution in [2.45, 2.75) is 5.33 Å². The van der Waals surface area contributed by atoms with Gasteiger partial charge in [0.05, 0.1) is 25.5 Å². The summed E-state index contributed by atoms with van der Waals surface area (Å²) in [5, 5.41) is 0.349. The van der Waals surface area contributed by atoms with Gasteiger partial charge in [-0.05, 0) is 12.1 Å². The monoisotopic (exact) mass is 287 g/mol. The summed E-state index contributed by atoms with van der Waals surface area (Å²) in [5.41, 5.74) is 0.923. The Hall–Kier alpha value is -1.43. The Morgan fingerprint density at radius 1 is 1.25 bits per heavy atom. The van der Waals surface area contributed by atoms with Gasteiger partial charge in [0, 0.05) is 5.33 Å². The highest BCUT2D eigenvalue weighted by atomic mass is 79.9. The molecule has 0 aliphatic carbocycles. The zero-order valence-corrected chi connectivity index (χ0v) is 10.4. The lowest BCUT2D eigenvalue weighted by Gasteiger charge is -2.06. The van der Waals surface area contributed by atoms with Crippen molar-refractivity contribution < 1.29 is 19.1 Å². The molecule has 0 N–H and O–H groups in total. The molecule has 5 nitrogen and oxygen atoms in total. The topological polar surface area (TPSA) is 65.5 Å². The van der Waals surface area contributed by atoms with Gasteiger partial charge in [-0.25, -0.2) is 14.6 Å². The number of hydrogen-bond acceptors (Lipinski definition) is 5. The van der Waals surface area contributed by atoms with Crippen LogP contribution in [0.2, 0.25) is 0 Å². The van der Waals surface area contributed by atoms with E-state index in [1.165, 1.54) is 26.4 Å². The molecule has 0 fully saturated rings. The fourth-order valence-corrected chi connectivity index (χ4v) is 1.54. The molecule has 86 valence electrons. The molecule has 0 unspecified atom stereocenters. The number of carbonyl (C=O) groups excluding carboxylic acids is 2. The van der Waals surface area contributed by atoms with Crippen molar-refractivity contribution in [1.82, 2.24) is 4.98 Å². The third-order valence-corrected chi connectivity index (χ3v) is 2.43. The summed E-state index contributed by atoms with van der Waals surface area (Å²) in [6, 6.07) is 2.91. The van der Waals surface area contributed by atoms with Gasteiger partial charge in [-0.2, -0.15) is 0 Å². The highest BCUT2D eigenvalue weighted by molar-refractivity contribution is 9.08. The summed E-state index contributed by atoms with van der Waals surface area (Å²) in [6.45, 7) is 0. The largest absolute Gasteiger partial charge is 0.465 e. The fraction of sp³-hybridized carbons (Fsp3) is 0.300. The molecule has 0 bridgehead atoms. The van der Waals surface area contributed by atoms with E-state index in [0.29, 0.717) is 16.6 Å². The maximum Gasteiger partial charge on any atom is 0.356 e. The summed E-state index contributed by atoms with van der Waals surface area (Å²) >= 11 is 3.19. The first kappa shape index (κ1) is 12.6. The second-order valence-corrected chi connectivity index (χ2v) is 3.37. The first-order chi connectivity index (χ1) is 7.63. The average Bonchev–Trinajstić information content (AvgIpc) is 2.35. The molecule has 0 saturated carbocycles. The van der Waals surface area contributed by atoms with Gasteiger partial charge in [0.15, 0.2) is 0 Å². The van der Waals surface area contributed by atoms with Crippen molar-refractivity contribution in [2.75, 3.05) is 14.2 Å². The lowest BCUT2D eigenvalue weighted by Crippen LogP contribution is -2.11. The van der Waals surface area contributed by atoms with E-state index in [1.807, 2.05) is 0 Å². The Morgan fingerprint density at radius 2 is 1.88 bits per heavy atom. The van der Waals surface area contributed by atoms with E-state index in [-0.39, 0.29) is 5.69 Å². The van der Waals surface area contributed by atoms with Crippen LogP contribution >= 0.6 is 15.9 Å². The number of halogens is 1. The van der Waals surface area contributed by atoms with E-state index >= 15 is 0 Å². The molecule has 0 aliphatic heterocycles. The van der Waals surface area contributed by atoms with Crippen LogP contribution in [0.1, 0.15) is 26.5 Å². The number of rotatable bonds is 3. The van der Waals surface area contributed by atoms with Gasteiger partial charge >= 0.3 is 11.9 Å². The van der Waals surface area contributed by atoms with Crippen molar-refractivity contribution in [3.8, 4) is 0 Å². The molecule has 1 aromatic heterocycles. The van der Waals surface area contributed by atoms with Gasteiger partial charge in [0.2, 0.25) is 0 Å². The van der Waals surface area contributed by atoms with E-state index in [2.05, 4.69) is 30.4 Å². The number of hydrogen-bond donors (Lipinski definition) is 0. The molecule has 0 amide bonds. The van der Waals surface area contributed by atoms with Crippen molar-refractivity contribution in [2.24, 2.45) is 0 Å².